The first-order chi connectivity index (χ1) is 9.52. The maximum atomic E-state index is 10.9. The van der Waals surface area contributed by atoms with Gasteiger partial charge in [-0.05, 0) is 48.9 Å². The maximum absolute atomic E-state index is 10.9. The van der Waals surface area contributed by atoms with Gasteiger partial charge in [0.2, 0.25) is 0 Å². The molecule has 1 fully saturated rings. The second-order valence-corrected chi connectivity index (χ2v) is 6.40. The number of hydrogen-bond donors (Lipinski definition) is 2. The molecule has 1 saturated carbocycles. The minimum absolute atomic E-state index is 0.168. The Labute approximate surface area is 122 Å². The number of hydrogen-bond acceptors (Lipinski definition) is 3. The molecule has 3 heteroatoms. The van der Waals surface area contributed by atoms with Crippen LogP contribution in [0.25, 0.3) is 0 Å². The van der Waals surface area contributed by atoms with Gasteiger partial charge in [-0.3, -0.25) is 0 Å². The van der Waals surface area contributed by atoms with Gasteiger partial charge in [-0.15, -0.1) is 0 Å². The molecule has 3 N–H and O–H groups in total. The van der Waals surface area contributed by atoms with Crippen LogP contribution in [-0.2, 0) is 0 Å². The zero-order chi connectivity index (χ0) is 14.8. The summed E-state index contributed by atoms with van der Waals surface area (Å²) >= 11 is 0. The highest BCUT2D eigenvalue weighted by molar-refractivity contribution is 5.37. The van der Waals surface area contributed by atoms with Crippen molar-refractivity contribution in [3.8, 4) is 5.75 Å². The number of aliphatic hydroxyl groups is 1. The number of ether oxygens (including phenoxy) is 1. The van der Waals surface area contributed by atoms with E-state index in [9.17, 15) is 5.11 Å². The number of aliphatic hydroxyl groups excluding tert-OH is 1. The van der Waals surface area contributed by atoms with E-state index in [0.29, 0.717) is 12.5 Å². The molecule has 1 aromatic carbocycles. The van der Waals surface area contributed by atoms with Crippen LogP contribution in [0.15, 0.2) is 18.2 Å². The smallest absolute Gasteiger partial charge is 0.121 e. The maximum Gasteiger partial charge on any atom is 0.121 e. The highest BCUT2D eigenvalue weighted by Crippen LogP contribution is 2.47. The molecule has 2 rings (SSSR count). The lowest BCUT2D eigenvalue weighted by Crippen LogP contribution is -2.40. The topological polar surface area (TPSA) is 55.5 Å². The van der Waals surface area contributed by atoms with Crippen molar-refractivity contribution in [2.24, 2.45) is 17.1 Å². The van der Waals surface area contributed by atoms with Gasteiger partial charge < -0.3 is 15.6 Å². The van der Waals surface area contributed by atoms with Gasteiger partial charge in [-0.25, -0.2) is 0 Å². The molecule has 3 nitrogen and oxygen atoms in total. The molecule has 0 bridgehead atoms. The highest BCUT2D eigenvalue weighted by atomic mass is 16.5. The summed E-state index contributed by atoms with van der Waals surface area (Å²) in [5.74, 6) is 1.50. The number of methoxy groups -OCH3 is 1. The first-order valence-electron chi connectivity index (χ1n) is 7.55. The summed E-state index contributed by atoms with van der Waals surface area (Å²) in [6.07, 6.45) is 3.94. The van der Waals surface area contributed by atoms with E-state index in [1.54, 1.807) is 7.11 Å². The average Bonchev–Trinajstić information content (AvgIpc) is 2.46. The SMILES string of the molecule is COc1ccc(C(O)C2(CN)CCCC(C)C2)cc1C. The van der Waals surface area contributed by atoms with Crippen LogP contribution in [0.1, 0.15) is 49.8 Å². The van der Waals surface area contributed by atoms with Gasteiger partial charge in [0.15, 0.2) is 0 Å². The van der Waals surface area contributed by atoms with Gasteiger partial charge in [0, 0.05) is 12.0 Å². The lowest BCUT2D eigenvalue weighted by atomic mass is 9.65. The molecule has 0 radical (unpaired) electrons. The van der Waals surface area contributed by atoms with Crippen LogP contribution >= 0.6 is 0 Å². The monoisotopic (exact) mass is 277 g/mol. The van der Waals surface area contributed by atoms with Crippen molar-refractivity contribution in [1.29, 1.82) is 0 Å². The fourth-order valence-electron chi connectivity index (χ4n) is 3.67. The molecule has 0 saturated heterocycles. The zero-order valence-electron chi connectivity index (χ0n) is 12.9. The van der Waals surface area contributed by atoms with Crippen LogP contribution in [0.4, 0.5) is 0 Å². The summed E-state index contributed by atoms with van der Waals surface area (Å²) in [4.78, 5) is 0. The molecule has 0 aromatic heterocycles. The van der Waals surface area contributed by atoms with Crippen LogP contribution in [0.5, 0.6) is 5.75 Å². The van der Waals surface area contributed by atoms with Crippen LogP contribution in [0.3, 0.4) is 0 Å². The molecular weight excluding hydrogens is 250 g/mol. The van der Waals surface area contributed by atoms with Crippen molar-refractivity contribution in [2.75, 3.05) is 13.7 Å². The molecule has 3 atom stereocenters. The van der Waals surface area contributed by atoms with Gasteiger partial charge in [0.1, 0.15) is 5.75 Å². The Morgan fingerprint density at radius 1 is 1.50 bits per heavy atom. The van der Waals surface area contributed by atoms with Crippen molar-refractivity contribution < 1.29 is 9.84 Å². The summed E-state index contributed by atoms with van der Waals surface area (Å²) in [6.45, 7) is 4.81. The normalized spacial score (nSPS) is 28.1. The van der Waals surface area contributed by atoms with Crippen molar-refractivity contribution in [2.45, 2.75) is 45.6 Å². The largest absolute Gasteiger partial charge is 0.496 e. The molecular formula is C17H27NO2. The molecule has 1 aliphatic rings. The molecule has 1 aromatic rings. The Bertz CT molecular complexity index is 460. The Hall–Kier alpha value is -1.06. The minimum atomic E-state index is -0.486. The van der Waals surface area contributed by atoms with Crippen molar-refractivity contribution in [1.82, 2.24) is 0 Å². The van der Waals surface area contributed by atoms with Gasteiger partial charge in [-0.2, -0.15) is 0 Å². The lowest BCUT2D eigenvalue weighted by molar-refractivity contribution is -0.0131. The molecule has 112 valence electrons. The second-order valence-electron chi connectivity index (χ2n) is 6.40. The lowest BCUT2D eigenvalue weighted by Gasteiger charge is -2.43. The third-order valence-corrected chi connectivity index (χ3v) is 4.85. The number of rotatable bonds is 4. The summed E-state index contributed by atoms with van der Waals surface area (Å²) in [5, 5.41) is 10.9. The van der Waals surface area contributed by atoms with Crippen molar-refractivity contribution >= 4 is 0 Å². The Balaban J connectivity index is 2.28. The predicted octanol–water partition coefficient (Wildman–Crippen LogP) is 3.19. The van der Waals surface area contributed by atoms with Gasteiger partial charge in [0.05, 0.1) is 13.2 Å². The van der Waals surface area contributed by atoms with E-state index in [1.165, 1.54) is 6.42 Å². The molecule has 20 heavy (non-hydrogen) atoms. The van der Waals surface area contributed by atoms with Crippen LogP contribution in [0.2, 0.25) is 0 Å². The molecule has 1 aliphatic carbocycles. The summed E-state index contributed by atoms with van der Waals surface area (Å²) in [6, 6.07) is 5.93. The fourth-order valence-corrected chi connectivity index (χ4v) is 3.67. The number of aryl methyl sites for hydroxylation is 1. The molecule has 0 spiro atoms. The summed E-state index contributed by atoms with van der Waals surface area (Å²) < 4.78 is 5.29. The van der Waals surface area contributed by atoms with Crippen LogP contribution < -0.4 is 10.5 Å². The van der Waals surface area contributed by atoms with Crippen LogP contribution in [0, 0.1) is 18.3 Å². The second kappa shape index (κ2) is 6.15. The Morgan fingerprint density at radius 2 is 2.25 bits per heavy atom. The van der Waals surface area contributed by atoms with Gasteiger partial charge in [0.25, 0.3) is 0 Å². The summed E-state index contributed by atoms with van der Waals surface area (Å²) in [7, 11) is 1.67. The van der Waals surface area contributed by atoms with Gasteiger partial charge in [-0.1, -0.05) is 25.8 Å². The highest BCUT2D eigenvalue weighted by Gasteiger charge is 2.40. The number of nitrogens with two attached hydrogens (primary N) is 1. The molecule has 0 heterocycles. The summed E-state index contributed by atoms with van der Waals surface area (Å²) in [5.41, 5.74) is 7.90. The van der Waals surface area contributed by atoms with Crippen molar-refractivity contribution in [3.05, 3.63) is 29.3 Å². The Kier molecular flexibility index (Phi) is 4.71. The molecule has 0 amide bonds. The van der Waals surface area contributed by atoms with E-state index < -0.39 is 6.10 Å². The molecule has 0 aliphatic heterocycles. The third-order valence-electron chi connectivity index (χ3n) is 4.85. The predicted molar refractivity (Wildman–Crippen MR) is 81.8 cm³/mol. The standard InChI is InChI=1S/C17H27NO2/c1-12-5-4-8-17(10-12,11-18)16(19)14-6-7-15(20-3)13(2)9-14/h6-7,9,12,16,19H,4-5,8,10-11,18H2,1-3H3. The quantitative estimate of drug-likeness (QED) is 0.888. The van der Waals surface area contributed by atoms with Crippen LogP contribution in [-0.4, -0.2) is 18.8 Å². The zero-order valence-corrected chi connectivity index (χ0v) is 12.9. The van der Waals surface area contributed by atoms with Crippen molar-refractivity contribution in [3.63, 3.8) is 0 Å². The van der Waals surface area contributed by atoms with E-state index in [0.717, 1.165) is 36.1 Å². The third kappa shape index (κ3) is 2.84. The average molecular weight is 277 g/mol. The van der Waals surface area contributed by atoms with Gasteiger partial charge >= 0.3 is 0 Å². The van der Waals surface area contributed by atoms with E-state index in [1.807, 2.05) is 25.1 Å². The molecule has 3 unspecified atom stereocenters. The first kappa shape index (κ1) is 15.3. The fraction of sp³-hybridized carbons (Fsp3) is 0.647. The number of benzene rings is 1. The Morgan fingerprint density at radius 3 is 2.80 bits per heavy atom. The van der Waals surface area contributed by atoms with E-state index in [2.05, 4.69) is 6.92 Å². The van der Waals surface area contributed by atoms with E-state index in [4.69, 9.17) is 10.5 Å². The minimum Gasteiger partial charge on any atom is -0.496 e. The van der Waals surface area contributed by atoms with E-state index in [-0.39, 0.29) is 5.41 Å². The van der Waals surface area contributed by atoms with E-state index >= 15 is 0 Å². The first-order valence-corrected chi connectivity index (χ1v) is 7.55.